The van der Waals surface area contributed by atoms with E-state index in [1.165, 1.54) is 0 Å². The van der Waals surface area contributed by atoms with Gasteiger partial charge in [0, 0.05) is 6.42 Å². The zero-order valence-electron chi connectivity index (χ0n) is 7.81. The van der Waals surface area contributed by atoms with Crippen LogP contribution >= 0.6 is 0 Å². The SMILES string of the molecule is CCCCC(NC)C(=O)CC. The molecule has 0 fully saturated rings. The highest BCUT2D eigenvalue weighted by molar-refractivity contribution is 5.83. The van der Waals surface area contributed by atoms with Gasteiger partial charge in [-0.3, -0.25) is 4.79 Å². The maximum absolute atomic E-state index is 11.2. The molecule has 1 unspecified atom stereocenters. The Morgan fingerprint density at radius 3 is 2.45 bits per heavy atom. The van der Waals surface area contributed by atoms with Crippen molar-refractivity contribution in [2.45, 2.75) is 45.6 Å². The minimum atomic E-state index is 0.0972. The summed E-state index contributed by atoms with van der Waals surface area (Å²) in [6.45, 7) is 4.06. The van der Waals surface area contributed by atoms with Gasteiger partial charge in [0.25, 0.3) is 0 Å². The highest BCUT2D eigenvalue weighted by Gasteiger charge is 2.12. The first kappa shape index (κ1) is 10.6. The zero-order chi connectivity index (χ0) is 8.69. The summed E-state index contributed by atoms with van der Waals surface area (Å²) in [5.41, 5.74) is 0. The number of Topliss-reactive ketones (excluding diaryl/α,β-unsaturated/α-hetero) is 1. The van der Waals surface area contributed by atoms with Crippen LogP contribution in [0.4, 0.5) is 0 Å². The molecular formula is C9H19NO. The van der Waals surface area contributed by atoms with Gasteiger partial charge in [0.2, 0.25) is 0 Å². The molecule has 0 aliphatic heterocycles. The molecule has 2 nitrogen and oxygen atoms in total. The maximum Gasteiger partial charge on any atom is 0.149 e. The number of unbranched alkanes of at least 4 members (excludes halogenated alkanes) is 1. The van der Waals surface area contributed by atoms with Crippen LogP contribution in [0.2, 0.25) is 0 Å². The molecule has 0 aromatic carbocycles. The van der Waals surface area contributed by atoms with Crippen LogP contribution < -0.4 is 5.32 Å². The molecular weight excluding hydrogens is 138 g/mol. The second-order valence-electron chi connectivity index (χ2n) is 2.80. The quantitative estimate of drug-likeness (QED) is 0.636. The topological polar surface area (TPSA) is 29.1 Å². The minimum Gasteiger partial charge on any atom is -0.311 e. The van der Waals surface area contributed by atoms with Crippen LogP contribution in [-0.4, -0.2) is 18.9 Å². The predicted octanol–water partition coefficient (Wildman–Crippen LogP) is 1.74. The van der Waals surface area contributed by atoms with Crippen LogP contribution in [0.5, 0.6) is 0 Å². The van der Waals surface area contributed by atoms with E-state index in [0.29, 0.717) is 12.2 Å². The smallest absolute Gasteiger partial charge is 0.149 e. The third kappa shape index (κ3) is 4.14. The Morgan fingerprint density at radius 1 is 1.45 bits per heavy atom. The van der Waals surface area contributed by atoms with E-state index in [1.807, 2.05) is 14.0 Å². The van der Waals surface area contributed by atoms with E-state index in [4.69, 9.17) is 0 Å². The van der Waals surface area contributed by atoms with Gasteiger partial charge >= 0.3 is 0 Å². The molecule has 0 aromatic rings. The summed E-state index contributed by atoms with van der Waals surface area (Å²) in [6, 6.07) is 0.0972. The number of likely N-dealkylation sites (N-methyl/N-ethyl adjacent to an activating group) is 1. The lowest BCUT2D eigenvalue weighted by atomic mass is 10.0. The van der Waals surface area contributed by atoms with Crippen molar-refractivity contribution in [2.75, 3.05) is 7.05 Å². The third-order valence-corrected chi connectivity index (χ3v) is 1.93. The van der Waals surface area contributed by atoms with E-state index in [1.54, 1.807) is 0 Å². The first-order valence-electron chi connectivity index (χ1n) is 4.46. The molecule has 0 saturated heterocycles. The number of hydrogen-bond acceptors (Lipinski definition) is 2. The fraction of sp³-hybridized carbons (Fsp3) is 0.889. The van der Waals surface area contributed by atoms with E-state index < -0.39 is 0 Å². The molecule has 1 atom stereocenters. The Kier molecular flexibility index (Phi) is 6.13. The zero-order valence-corrected chi connectivity index (χ0v) is 7.81. The molecule has 0 spiro atoms. The van der Waals surface area contributed by atoms with E-state index in [-0.39, 0.29) is 6.04 Å². The van der Waals surface area contributed by atoms with Crippen molar-refractivity contribution in [1.82, 2.24) is 5.32 Å². The van der Waals surface area contributed by atoms with Gasteiger partial charge in [-0.15, -0.1) is 0 Å². The maximum atomic E-state index is 11.2. The molecule has 66 valence electrons. The van der Waals surface area contributed by atoms with Crippen LogP contribution in [0.3, 0.4) is 0 Å². The van der Waals surface area contributed by atoms with Gasteiger partial charge in [-0.2, -0.15) is 0 Å². The number of hydrogen-bond donors (Lipinski definition) is 1. The first-order valence-corrected chi connectivity index (χ1v) is 4.46. The molecule has 0 rings (SSSR count). The summed E-state index contributed by atoms with van der Waals surface area (Å²) in [4.78, 5) is 11.2. The molecule has 0 saturated carbocycles. The minimum absolute atomic E-state index is 0.0972. The Labute approximate surface area is 69.4 Å². The van der Waals surface area contributed by atoms with Crippen LogP contribution in [0.25, 0.3) is 0 Å². The van der Waals surface area contributed by atoms with Crippen molar-refractivity contribution < 1.29 is 4.79 Å². The van der Waals surface area contributed by atoms with Gasteiger partial charge in [0.05, 0.1) is 6.04 Å². The number of carbonyl (C=O) groups is 1. The lowest BCUT2D eigenvalue weighted by molar-refractivity contribution is -0.120. The monoisotopic (exact) mass is 157 g/mol. The first-order chi connectivity index (χ1) is 5.26. The Balaban J connectivity index is 3.65. The van der Waals surface area contributed by atoms with Crippen LogP contribution in [0.1, 0.15) is 39.5 Å². The molecule has 0 bridgehead atoms. The summed E-state index contributed by atoms with van der Waals surface area (Å²) in [5.74, 6) is 0.334. The van der Waals surface area contributed by atoms with Gasteiger partial charge in [0.15, 0.2) is 0 Å². The van der Waals surface area contributed by atoms with Crippen LogP contribution in [0, 0.1) is 0 Å². The number of nitrogens with one attached hydrogen (secondary N) is 1. The van der Waals surface area contributed by atoms with Gasteiger partial charge < -0.3 is 5.32 Å². The van der Waals surface area contributed by atoms with Gasteiger partial charge in [-0.1, -0.05) is 26.7 Å². The molecule has 0 aliphatic rings. The molecule has 1 N–H and O–H groups in total. The van der Waals surface area contributed by atoms with Crippen molar-refractivity contribution in [3.63, 3.8) is 0 Å². The van der Waals surface area contributed by atoms with Gasteiger partial charge in [-0.25, -0.2) is 0 Å². The summed E-state index contributed by atoms with van der Waals surface area (Å²) >= 11 is 0. The van der Waals surface area contributed by atoms with Crippen molar-refractivity contribution in [3.8, 4) is 0 Å². The standard InChI is InChI=1S/C9H19NO/c1-4-6-7-8(10-3)9(11)5-2/h8,10H,4-7H2,1-3H3. The Bertz CT molecular complexity index is 112. The summed E-state index contributed by atoms with van der Waals surface area (Å²) in [6.07, 6.45) is 3.93. The molecule has 0 heterocycles. The van der Waals surface area contributed by atoms with Crippen molar-refractivity contribution in [1.29, 1.82) is 0 Å². The summed E-state index contributed by atoms with van der Waals surface area (Å²) in [5, 5.41) is 3.04. The molecule has 0 radical (unpaired) electrons. The molecule has 0 aromatic heterocycles. The fourth-order valence-electron chi connectivity index (χ4n) is 1.12. The molecule has 11 heavy (non-hydrogen) atoms. The highest BCUT2D eigenvalue weighted by atomic mass is 16.1. The van der Waals surface area contributed by atoms with Crippen LogP contribution in [0.15, 0.2) is 0 Å². The van der Waals surface area contributed by atoms with Gasteiger partial charge in [-0.05, 0) is 13.5 Å². The number of carbonyl (C=O) groups excluding carboxylic acids is 1. The normalized spacial score (nSPS) is 13.0. The van der Waals surface area contributed by atoms with Crippen LogP contribution in [-0.2, 0) is 4.79 Å². The lowest BCUT2D eigenvalue weighted by Gasteiger charge is -2.12. The third-order valence-electron chi connectivity index (χ3n) is 1.93. The van der Waals surface area contributed by atoms with Crippen molar-refractivity contribution in [2.24, 2.45) is 0 Å². The second-order valence-corrected chi connectivity index (χ2v) is 2.80. The Morgan fingerprint density at radius 2 is 2.09 bits per heavy atom. The van der Waals surface area contributed by atoms with E-state index in [0.717, 1.165) is 19.3 Å². The van der Waals surface area contributed by atoms with E-state index in [9.17, 15) is 4.79 Å². The number of rotatable bonds is 6. The van der Waals surface area contributed by atoms with Crippen molar-refractivity contribution >= 4 is 5.78 Å². The average Bonchev–Trinajstić information content (AvgIpc) is 2.05. The summed E-state index contributed by atoms with van der Waals surface area (Å²) in [7, 11) is 1.86. The molecule has 0 amide bonds. The lowest BCUT2D eigenvalue weighted by Crippen LogP contribution is -2.33. The van der Waals surface area contributed by atoms with E-state index >= 15 is 0 Å². The average molecular weight is 157 g/mol. The molecule has 2 heteroatoms. The summed E-state index contributed by atoms with van der Waals surface area (Å²) < 4.78 is 0. The van der Waals surface area contributed by atoms with Gasteiger partial charge in [0.1, 0.15) is 5.78 Å². The Hall–Kier alpha value is -0.370. The van der Waals surface area contributed by atoms with Crippen molar-refractivity contribution in [3.05, 3.63) is 0 Å². The largest absolute Gasteiger partial charge is 0.311 e. The van der Waals surface area contributed by atoms with E-state index in [2.05, 4.69) is 12.2 Å². The second kappa shape index (κ2) is 6.35. The fourth-order valence-corrected chi connectivity index (χ4v) is 1.12. The predicted molar refractivity (Wildman–Crippen MR) is 47.7 cm³/mol. The molecule has 0 aliphatic carbocycles. The number of ketones is 1. The highest BCUT2D eigenvalue weighted by Crippen LogP contribution is 2.02.